The molecule has 140 valence electrons. The minimum Gasteiger partial charge on any atom is -0.494 e. The number of nitrogens with zero attached hydrogens (tertiary/aromatic N) is 4. The van der Waals surface area contributed by atoms with Gasteiger partial charge in [0.1, 0.15) is 11.4 Å². The number of halogens is 1. The zero-order valence-electron chi connectivity index (χ0n) is 15.1. The van der Waals surface area contributed by atoms with Gasteiger partial charge in [-0.15, -0.1) is 5.10 Å². The predicted octanol–water partition coefficient (Wildman–Crippen LogP) is 3.78. The summed E-state index contributed by atoms with van der Waals surface area (Å²) in [6.45, 7) is 3.95. The molecule has 0 aliphatic carbocycles. The fraction of sp³-hybridized carbons (Fsp3) is 0.222. The molecule has 0 unspecified atom stereocenters. The Kier molecular flexibility index (Phi) is 6.12. The van der Waals surface area contributed by atoms with Gasteiger partial charge >= 0.3 is 0 Å². The van der Waals surface area contributed by atoms with E-state index in [4.69, 9.17) is 4.74 Å². The normalized spacial score (nSPS) is 10.7. The highest BCUT2D eigenvalue weighted by atomic mass is 79.9. The molecule has 2 aromatic carbocycles. The first-order valence-corrected chi connectivity index (χ1v) is 9.88. The number of carbonyl (C=O) groups is 1. The Morgan fingerprint density at radius 2 is 2.07 bits per heavy atom. The molecule has 1 aromatic heterocycles. The standard InChI is InChI=1S/C18H18BrN5O2S/c1-11-4-7-16(26-3)15(8-11)24-18(21-22-23-24)27-10-17(25)20-13-5-6-14(19)12(2)9-13/h4-9H,10H2,1-3H3,(H,20,25). The van der Waals surface area contributed by atoms with E-state index in [1.54, 1.807) is 11.8 Å². The fourth-order valence-electron chi connectivity index (χ4n) is 2.44. The highest BCUT2D eigenvalue weighted by Gasteiger charge is 2.15. The molecule has 3 aromatic rings. The second-order valence-corrected chi connectivity index (χ2v) is 7.65. The number of hydrogen-bond donors (Lipinski definition) is 1. The zero-order chi connectivity index (χ0) is 19.4. The lowest BCUT2D eigenvalue weighted by Crippen LogP contribution is -2.14. The number of amides is 1. The lowest BCUT2D eigenvalue weighted by atomic mass is 10.2. The van der Waals surface area contributed by atoms with Crippen LogP contribution in [0, 0.1) is 13.8 Å². The second kappa shape index (κ2) is 8.53. The third kappa shape index (κ3) is 4.67. The number of rotatable bonds is 6. The van der Waals surface area contributed by atoms with Crippen molar-refractivity contribution >= 4 is 39.3 Å². The summed E-state index contributed by atoms with van der Waals surface area (Å²) >= 11 is 4.71. The van der Waals surface area contributed by atoms with E-state index in [0.29, 0.717) is 10.9 Å². The van der Waals surface area contributed by atoms with E-state index in [9.17, 15) is 4.79 Å². The summed E-state index contributed by atoms with van der Waals surface area (Å²) in [6.07, 6.45) is 0. The van der Waals surface area contributed by atoms with Gasteiger partial charge in [-0.3, -0.25) is 4.79 Å². The van der Waals surface area contributed by atoms with Gasteiger partial charge in [0.2, 0.25) is 11.1 Å². The summed E-state index contributed by atoms with van der Waals surface area (Å²) in [6, 6.07) is 11.4. The minimum absolute atomic E-state index is 0.132. The Morgan fingerprint density at radius 3 is 2.81 bits per heavy atom. The van der Waals surface area contributed by atoms with Crippen LogP contribution in [0.5, 0.6) is 5.75 Å². The van der Waals surface area contributed by atoms with Crippen LogP contribution in [0.2, 0.25) is 0 Å². The Hall–Kier alpha value is -2.39. The van der Waals surface area contributed by atoms with E-state index in [0.717, 1.165) is 27.0 Å². The quantitative estimate of drug-likeness (QED) is 0.578. The highest BCUT2D eigenvalue weighted by Crippen LogP contribution is 2.27. The summed E-state index contributed by atoms with van der Waals surface area (Å²) < 4.78 is 7.97. The molecule has 27 heavy (non-hydrogen) atoms. The molecule has 9 heteroatoms. The Balaban J connectivity index is 1.71. The topological polar surface area (TPSA) is 81.9 Å². The molecule has 0 saturated carbocycles. The van der Waals surface area contributed by atoms with Crippen LogP contribution < -0.4 is 10.1 Å². The first-order valence-electron chi connectivity index (χ1n) is 8.10. The Labute approximate surface area is 169 Å². The van der Waals surface area contributed by atoms with E-state index < -0.39 is 0 Å². The molecule has 0 radical (unpaired) electrons. The van der Waals surface area contributed by atoms with Crippen LogP contribution in [0.3, 0.4) is 0 Å². The molecular formula is C18H18BrN5O2S. The van der Waals surface area contributed by atoms with Crippen LogP contribution in [0.25, 0.3) is 5.69 Å². The maximum Gasteiger partial charge on any atom is 0.234 e. The van der Waals surface area contributed by atoms with Crippen molar-refractivity contribution in [3.63, 3.8) is 0 Å². The number of benzene rings is 2. The fourth-order valence-corrected chi connectivity index (χ4v) is 3.37. The number of ether oxygens (including phenoxy) is 1. The number of aromatic nitrogens is 4. The Morgan fingerprint density at radius 1 is 1.26 bits per heavy atom. The highest BCUT2D eigenvalue weighted by molar-refractivity contribution is 9.10. The molecule has 0 saturated heterocycles. The van der Waals surface area contributed by atoms with E-state index >= 15 is 0 Å². The van der Waals surface area contributed by atoms with Gasteiger partial charge in [-0.25, -0.2) is 0 Å². The van der Waals surface area contributed by atoms with Crippen LogP contribution in [-0.2, 0) is 4.79 Å². The van der Waals surface area contributed by atoms with Gasteiger partial charge in [0.05, 0.1) is 12.9 Å². The third-order valence-electron chi connectivity index (χ3n) is 3.78. The molecule has 1 heterocycles. The van der Waals surface area contributed by atoms with Gasteiger partial charge in [-0.1, -0.05) is 33.8 Å². The average Bonchev–Trinajstić information content (AvgIpc) is 3.11. The van der Waals surface area contributed by atoms with Crippen molar-refractivity contribution in [2.75, 3.05) is 18.2 Å². The van der Waals surface area contributed by atoms with Crippen molar-refractivity contribution in [3.8, 4) is 11.4 Å². The van der Waals surface area contributed by atoms with E-state index in [1.165, 1.54) is 11.8 Å². The SMILES string of the molecule is COc1ccc(C)cc1-n1nnnc1SCC(=O)Nc1ccc(Br)c(C)c1. The van der Waals surface area contributed by atoms with Crippen molar-refractivity contribution < 1.29 is 9.53 Å². The molecule has 0 fully saturated rings. The lowest BCUT2D eigenvalue weighted by molar-refractivity contribution is -0.113. The van der Waals surface area contributed by atoms with E-state index in [1.807, 2.05) is 50.2 Å². The molecule has 0 atom stereocenters. The zero-order valence-corrected chi connectivity index (χ0v) is 17.5. The smallest absolute Gasteiger partial charge is 0.234 e. The second-order valence-electron chi connectivity index (χ2n) is 5.85. The number of thioether (sulfide) groups is 1. The number of hydrogen-bond acceptors (Lipinski definition) is 6. The summed E-state index contributed by atoms with van der Waals surface area (Å²) in [5.41, 5.74) is 3.59. The molecule has 3 rings (SSSR count). The van der Waals surface area contributed by atoms with Crippen LogP contribution in [-0.4, -0.2) is 39.0 Å². The molecule has 1 amide bonds. The number of methoxy groups -OCH3 is 1. The summed E-state index contributed by atoms with van der Waals surface area (Å²) in [7, 11) is 1.60. The summed E-state index contributed by atoms with van der Waals surface area (Å²) in [5, 5.41) is 15.2. The molecule has 1 N–H and O–H groups in total. The summed E-state index contributed by atoms with van der Waals surface area (Å²) in [5.74, 6) is 0.709. The van der Waals surface area contributed by atoms with Gasteiger partial charge in [0, 0.05) is 10.2 Å². The summed E-state index contributed by atoms with van der Waals surface area (Å²) in [4.78, 5) is 12.3. The molecule has 0 bridgehead atoms. The van der Waals surface area contributed by atoms with Gasteiger partial charge in [-0.2, -0.15) is 4.68 Å². The maximum absolute atomic E-state index is 12.3. The molecule has 0 aliphatic heterocycles. The van der Waals surface area contributed by atoms with Crippen LogP contribution in [0.15, 0.2) is 46.0 Å². The van der Waals surface area contributed by atoms with Crippen LogP contribution in [0.1, 0.15) is 11.1 Å². The van der Waals surface area contributed by atoms with E-state index in [-0.39, 0.29) is 11.7 Å². The number of anilines is 1. The number of tetrazole rings is 1. The monoisotopic (exact) mass is 447 g/mol. The molecular weight excluding hydrogens is 430 g/mol. The molecule has 7 nitrogen and oxygen atoms in total. The lowest BCUT2D eigenvalue weighted by Gasteiger charge is -2.10. The van der Waals surface area contributed by atoms with Gasteiger partial charge < -0.3 is 10.1 Å². The first kappa shape index (κ1) is 19.4. The van der Waals surface area contributed by atoms with Crippen molar-refractivity contribution in [1.29, 1.82) is 0 Å². The Bertz CT molecular complexity index is 976. The van der Waals surface area contributed by atoms with Gasteiger partial charge in [-0.05, 0) is 65.7 Å². The van der Waals surface area contributed by atoms with E-state index in [2.05, 4.69) is 36.8 Å². The van der Waals surface area contributed by atoms with Gasteiger partial charge in [0.15, 0.2) is 0 Å². The minimum atomic E-state index is -0.132. The maximum atomic E-state index is 12.3. The molecule has 0 aliphatic rings. The largest absolute Gasteiger partial charge is 0.494 e. The van der Waals surface area contributed by atoms with Crippen molar-refractivity contribution in [2.45, 2.75) is 19.0 Å². The number of nitrogens with one attached hydrogen (secondary N) is 1. The van der Waals surface area contributed by atoms with Crippen molar-refractivity contribution in [2.24, 2.45) is 0 Å². The van der Waals surface area contributed by atoms with Gasteiger partial charge in [0.25, 0.3) is 0 Å². The predicted molar refractivity (Wildman–Crippen MR) is 109 cm³/mol. The average molecular weight is 448 g/mol. The number of carbonyl (C=O) groups excluding carboxylic acids is 1. The number of aryl methyl sites for hydroxylation is 2. The van der Waals surface area contributed by atoms with Crippen molar-refractivity contribution in [3.05, 3.63) is 52.0 Å². The third-order valence-corrected chi connectivity index (χ3v) is 5.59. The van der Waals surface area contributed by atoms with Crippen LogP contribution >= 0.6 is 27.7 Å². The van der Waals surface area contributed by atoms with Crippen molar-refractivity contribution in [1.82, 2.24) is 20.2 Å². The first-order chi connectivity index (χ1) is 13.0. The van der Waals surface area contributed by atoms with Crippen LogP contribution in [0.4, 0.5) is 5.69 Å². The molecule has 0 spiro atoms.